The first-order valence-electron chi connectivity index (χ1n) is 9.80. The predicted molar refractivity (Wildman–Crippen MR) is 117 cm³/mol. The van der Waals surface area contributed by atoms with Gasteiger partial charge in [0.1, 0.15) is 0 Å². The van der Waals surface area contributed by atoms with Crippen LogP contribution in [0.4, 0.5) is 5.69 Å². The Balaban J connectivity index is 1.75. The molecule has 0 radical (unpaired) electrons. The summed E-state index contributed by atoms with van der Waals surface area (Å²) in [5.41, 5.74) is 6.46. The molecule has 0 saturated carbocycles. The Labute approximate surface area is 176 Å². The second-order valence-corrected chi connectivity index (χ2v) is 7.69. The van der Waals surface area contributed by atoms with Crippen molar-refractivity contribution in [2.45, 2.75) is 34.6 Å². The first-order valence-corrected chi connectivity index (χ1v) is 9.80. The van der Waals surface area contributed by atoms with Crippen LogP contribution in [-0.4, -0.2) is 45.3 Å². The Hall–Kier alpha value is -3.48. The number of carbonyl (C=O) groups excluding carboxylic acids is 2. The lowest BCUT2D eigenvalue weighted by molar-refractivity contribution is -0.116. The van der Waals surface area contributed by atoms with Crippen molar-refractivity contribution in [2.24, 2.45) is 0 Å². The molecule has 0 aliphatic rings. The summed E-state index contributed by atoms with van der Waals surface area (Å²) in [6.07, 6.45) is 0. The Morgan fingerprint density at radius 3 is 2.27 bits per heavy atom. The fraction of sp³-hybridized carbons (Fsp3) is 0.304. The Morgan fingerprint density at radius 1 is 0.967 bits per heavy atom. The summed E-state index contributed by atoms with van der Waals surface area (Å²) in [7, 11) is 1.59. The van der Waals surface area contributed by atoms with Crippen molar-refractivity contribution in [1.29, 1.82) is 0 Å². The molecule has 30 heavy (non-hydrogen) atoms. The topological polar surface area (TPSA) is 80.1 Å². The van der Waals surface area contributed by atoms with Crippen molar-refractivity contribution in [3.05, 3.63) is 70.0 Å². The van der Waals surface area contributed by atoms with Gasteiger partial charge in [0.15, 0.2) is 5.69 Å². The number of carbonyl (C=O) groups is 2. The number of anilines is 1. The monoisotopic (exact) mass is 405 g/mol. The number of hydrogen-bond acceptors (Lipinski definition) is 4. The molecule has 0 bridgehead atoms. The Morgan fingerprint density at radius 2 is 1.63 bits per heavy atom. The third-order valence-electron chi connectivity index (χ3n) is 5.03. The van der Waals surface area contributed by atoms with Crippen LogP contribution in [0.2, 0.25) is 0 Å². The van der Waals surface area contributed by atoms with Gasteiger partial charge in [-0.3, -0.25) is 9.59 Å². The molecule has 0 aliphatic carbocycles. The number of hydrogen-bond donors (Lipinski definition) is 1. The minimum absolute atomic E-state index is 0.0809. The number of nitrogens with one attached hydrogen (secondary N) is 1. The van der Waals surface area contributed by atoms with Crippen molar-refractivity contribution >= 4 is 17.5 Å². The van der Waals surface area contributed by atoms with E-state index in [0.717, 1.165) is 33.6 Å². The first-order chi connectivity index (χ1) is 14.2. The van der Waals surface area contributed by atoms with E-state index in [1.165, 1.54) is 9.70 Å². The Bertz CT molecular complexity index is 1100. The molecule has 7 nitrogen and oxygen atoms in total. The molecule has 1 heterocycles. The van der Waals surface area contributed by atoms with Crippen molar-refractivity contribution in [3.63, 3.8) is 0 Å². The van der Waals surface area contributed by atoms with E-state index in [-0.39, 0.29) is 24.1 Å². The molecule has 2 amide bonds. The molecule has 0 atom stereocenters. The number of aromatic nitrogens is 3. The quantitative estimate of drug-likeness (QED) is 0.704. The fourth-order valence-electron chi connectivity index (χ4n) is 3.37. The van der Waals surface area contributed by atoms with Gasteiger partial charge in [-0.25, -0.2) is 0 Å². The van der Waals surface area contributed by atoms with E-state index in [9.17, 15) is 9.59 Å². The SMILES string of the molecule is Cc1ccc(-n2nc(C)c(C(=O)N(C)CC(=O)Nc3c(C)cccc3C)n2)c(C)c1. The van der Waals surface area contributed by atoms with Crippen LogP contribution in [0.25, 0.3) is 5.69 Å². The molecule has 1 aromatic heterocycles. The summed E-state index contributed by atoms with van der Waals surface area (Å²) in [5.74, 6) is -0.608. The van der Waals surface area contributed by atoms with Crippen LogP contribution >= 0.6 is 0 Å². The second kappa shape index (κ2) is 8.49. The van der Waals surface area contributed by atoms with Crippen LogP contribution in [0.15, 0.2) is 36.4 Å². The van der Waals surface area contributed by atoms with Crippen molar-refractivity contribution in [2.75, 3.05) is 18.9 Å². The zero-order valence-corrected chi connectivity index (χ0v) is 18.3. The number of amides is 2. The molecule has 0 unspecified atom stereocenters. The normalized spacial score (nSPS) is 10.7. The maximum Gasteiger partial charge on any atom is 0.276 e. The molecule has 0 aliphatic heterocycles. The molecule has 1 N–H and O–H groups in total. The van der Waals surface area contributed by atoms with E-state index in [1.54, 1.807) is 14.0 Å². The van der Waals surface area contributed by atoms with Gasteiger partial charge < -0.3 is 10.2 Å². The maximum atomic E-state index is 12.9. The third kappa shape index (κ3) is 4.40. The number of rotatable bonds is 5. The highest BCUT2D eigenvalue weighted by Gasteiger charge is 2.22. The van der Waals surface area contributed by atoms with Crippen molar-refractivity contribution in [3.8, 4) is 5.69 Å². The number of nitrogens with zero attached hydrogens (tertiary/aromatic N) is 4. The van der Waals surface area contributed by atoms with Gasteiger partial charge in [0, 0.05) is 12.7 Å². The van der Waals surface area contributed by atoms with Gasteiger partial charge in [0.25, 0.3) is 5.91 Å². The van der Waals surface area contributed by atoms with Gasteiger partial charge in [-0.15, -0.1) is 5.10 Å². The predicted octanol–water partition coefficient (Wildman–Crippen LogP) is 3.52. The number of para-hydroxylation sites is 1. The van der Waals surface area contributed by atoms with Crippen LogP contribution in [0.1, 0.15) is 38.4 Å². The lowest BCUT2D eigenvalue weighted by atomic mass is 10.1. The van der Waals surface area contributed by atoms with Crippen LogP contribution in [0, 0.1) is 34.6 Å². The van der Waals surface area contributed by atoms with Gasteiger partial charge in [-0.05, 0) is 57.4 Å². The summed E-state index contributed by atoms with van der Waals surface area (Å²) >= 11 is 0. The third-order valence-corrected chi connectivity index (χ3v) is 5.03. The van der Waals surface area contributed by atoms with Crippen molar-refractivity contribution < 1.29 is 9.59 Å². The van der Waals surface area contributed by atoms with Crippen molar-refractivity contribution in [1.82, 2.24) is 19.9 Å². The molecular formula is C23H27N5O2. The molecule has 3 rings (SSSR count). The summed E-state index contributed by atoms with van der Waals surface area (Å²) in [6, 6.07) is 11.8. The standard InChI is InChI=1S/C23H27N5O2/c1-14-10-11-19(17(4)12-14)28-25-18(5)22(26-28)23(30)27(6)13-20(29)24-21-15(2)8-7-9-16(21)3/h7-12H,13H2,1-6H3,(H,24,29). The Kier molecular flexibility index (Phi) is 6.01. The van der Waals surface area contributed by atoms with Crippen LogP contribution in [-0.2, 0) is 4.79 Å². The smallest absolute Gasteiger partial charge is 0.276 e. The van der Waals surface area contributed by atoms with E-state index in [4.69, 9.17) is 0 Å². The molecule has 0 spiro atoms. The van der Waals surface area contributed by atoms with Gasteiger partial charge in [0.2, 0.25) is 5.91 Å². The highest BCUT2D eigenvalue weighted by molar-refractivity contribution is 5.99. The molecule has 0 fully saturated rings. The summed E-state index contributed by atoms with van der Waals surface area (Å²) in [5, 5.41) is 11.7. The van der Waals surface area contributed by atoms with Gasteiger partial charge in [0.05, 0.1) is 17.9 Å². The molecule has 7 heteroatoms. The lowest BCUT2D eigenvalue weighted by Gasteiger charge is -2.17. The van der Waals surface area contributed by atoms with E-state index < -0.39 is 0 Å². The minimum Gasteiger partial charge on any atom is -0.331 e. The average molecular weight is 406 g/mol. The van der Waals surface area contributed by atoms with E-state index in [0.29, 0.717) is 5.69 Å². The van der Waals surface area contributed by atoms with Crippen LogP contribution in [0.3, 0.4) is 0 Å². The largest absolute Gasteiger partial charge is 0.331 e. The van der Waals surface area contributed by atoms with E-state index >= 15 is 0 Å². The maximum absolute atomic E-state index is 12.9. The number of likely N-dealkylation sites (N-methyl/N-ethyl adjacent to an activating group) is 1. The average Bonchev–Trinajstić information content (AvgIpc) is 3.05. The number of aryl methyl sites for hydroxylation is 5. The molecular weight excluding hydrogens is 378 g/mol. The summed E-state index contributed by atoms with van der Waals surface area (Å²) in [6.45, 7) is 9.53. The zero-order valence-electron chi connectivity index (χ0n) is 18.3. The zero-order chi connectivity index (χ0) is 22.0. The molecule has 156 valence electrons. The number of benzene rings is 2. The fourth-order valence-corrected chi connectivity index (χ4v) is 3.37. The molecule has 2 aromatic carbocycles. The highest BCUT2D eigenvalue weighted by atomic mass is 16.2. The molecule has 3 aromatic rings. The second-order valence-electron chi connectivity index (χ2n) is 7.69. The minimum atomic E-state index is -0.347. The summed E-state index contributed by atoms with van der Waals surface area (Å²) < 4.78 is 0. The van der Waals surface area contributed by atoms with Gasteiger partial charge in [-0.1, -0.05) is 35.9 Å². The van der Waals surface area contributed by atoms with Crippen LogP contribution < -0.4 is 5.32 Å². The highest BCUT2D eigenvalue weighted by Crippen LogP contribution is 2.19. The van der Waals surface area contributed by atoms with E-state index in [1.807, 2.05) is 64.1 Å². The summed E-state index contributed by atoms with van der Waals surface area (Å²) in [4.78, 5) is 28.2. The van der Waals surface area contributed by atoms with Crippen LogP contribution in [0.5, 0.6) is 0 Å². The first kappa shape index (κ1) is 21.2. The van der Waals surface area contributed by atoms with Gasteiger partial charge >= 0.3 is 0 Å². The molecule has 0 saturated heterocycles. The van der Waals surface area contributed by atoms with E-state index in [2.05, 4.69) is 15.5 Å². The lowest BCUT2D eigenvalue weighted by Crippen LogP contribution is -2.35. The van der Waals surface area contributed by atoms with Gasteiger partial charge in [-0.2, -0.15) is 9.90 Å².